The highest BCUT2D eigenvalue weighted by molar-refractivity contribution is 7.92. The Bertz CT molecular complexity index is 663. The van der Waals surface area contributed by atoms with E-state index in [1.165, 1.54) is 18.4 Å². The number of thiophene rings is 1. The van der Waals surface area contributed by atoms with Crippen molar-refractivity contribution in [1.29, 1.82) is 0 Å². The SMILES string of the molecule is COCCS(=O)(=O)Nc1nc(-c2ccc(CN)s2)cs1. The van der Waals surface area contributed by atoms with E-state index in [0.29, 0.717) is 11.7 Å². The zero-order chi connectivity index (χ0) is 14.6. The van der Waals surface area contributed by atoms with E-state index in [2.05, 4.69) is 9.71 Å². The van der Waals surface area contributed by atoms with Gasteiger partial charge in [-0.05, 0) is 12.1 Å². The third kappa shape index (κ3) is 4.00. The van der Waals surface area contributed by atoms with Crippen molar-refractivity contribution in [2.75, 3.05) is 24.2 Å². The molecule has 0 bridgehead atoms. The highest BCUT2D eigenvalue weighted by Gasteiger charge is 2.14. The van der Waals surface area contributed by atoms with E-state index >= 15 is 0 Å². The van der Waals surface area contributed by atoms with Crippen LogP contribution in [0.5, 0.6) is 0 Å². The molecule has 0 atom stereocenters. The van der Waals surface area contributed by atoms with Crippen molar-refractivity contribution in [3.8, 4) is 10.6 Å². The van der Waals surface area contributed by atoms with E-state index in [1.807, 2.05) is 17.5 Å². The topological polar surface area (TPSA) is 94.3 Å². The number of ether oxygens (including phenoxy) is 1. The minimum Gasteiger partial charge on any atom is -0.384 e. The fourth-order valence-corrected chi connectivity index (χ4v) is 4.29. The highest BCUT2D eigenvalue weighted by atomic mass is 32.2. The first-order valence-electron chi connectivity index (χ1n) is 5.78. The Morgan fingerprint density at radius 1 is 1.45 bits per heavy atom. The minimum absolute atomic E-state index is 0.0886. The van der Waals surface area contributed by atoms with Crippen molar-refractivity contribution in [3.05, 3.63) is 22.4 Å². The van der Waals surface area contributed by atoms with Crippen LogP contribution in [0, 0.1) is 0 Å². The molecule has 0 aliphatic carbocycles. The first-order chi connectivity index (χ1) is 9.54. The summed E-state index contributed by atoms with van der Waals surface area (Å²) in [7, 11) is -1.95. The van der Waals surface area contributed by atoms with Crippen LogP contribution in [-0.2, 0) is 21.3 Å². The van der Waals surface area contributed by atoms with Crippen LogP contribution in [0.4, 0.5) is 5.13 Å². The second-order valence-electron chi connectivity index (χ2n) is 3.92. The minimum atomic E-state index is -3.41. The molecule has 20 heavy (non-hydrogen) atoms. The number of sulfonamides is 1. The van der Waals surface area contributed by atoms with Gasteiger partial charge in [0.15, 0.2) is 5.13 Å². The number of aromatic nitrogens is 1. The summed E-state index contributed by atoms with van der Waals surface area (Å²) < 4.78 is 30.6. The number of anilines is 1. The van der Waals surface area contributed by atoms with E-state index in [1.54, 1.807) is 11.3 Å². The van der Waals surface area contributed by atoms with Gasteiger partial charge in [0.1, 0.15) is 0 Å². The molecule has 0 aliphatic rings. The van der Waals surface area contributed by atoms with E-state index in [-0.39, 0.29) is 12.4 Å². The van der Waals surface area contributed by atoms with E-state index in [0.717, 1.165) is 15.4 Å². The summed E-state index contributed by atoms with van der Waals surface area (Å²) in [6.45, 7) is 0.643. The van der Waals surface area contributed by atoms with Crippen molar-refractivity contribution in [2.24, 2.45) is 5.73 Å². The third-order valence-electron chi connectivity index (χ3n) is 2.42. The first kappa shape index (κ1) is 15.4. The number of nitrogens with two attached hydrogens (primary N) is 1. The average Bonchev–Trinajstić information content (AvgIpc) is 3.04. The molecule has 110 valence electrons. The Morgan fingerprint density at radius 2 is 2.25 bits per heavy atom. The van der Waals surface area contributed by atoms with E-state index < -0.39 is 10.0 Å². The predicted octanol–water partition coefficient (Wildman–Crippen LogP) is 1.72. The fourth-order valence-electron chi connectivity index (χ4n) is 1.44. The lowest BCUT2D eigenvalue weighted by molar-refractivity contribution is 0.217. The van der Waals surface area contributed by atoms with E-state index in [9.17, 15) is 8.42 Å². The predicted molar refractivity (Wildman–Crippen MR) is 82.6 cm³/mol. The summed E-state index contributed by atoms with van der Waals surface area (Å²) in [5.74, 6) is -0.0886. The van der Waals surface area contributed by atoms with Gasteiger partial charge in [-0.1, -0.05) is 0 Å². The summed E-state index contributed by atoms with van der Waals surface area (Å²) in [6, 6.07) is 3.88. The summed E-state index contributed by atoms with van der Waals surface area (Å²) in [5.41, 5.74) is 6.32. The molecule has 0 aliphatic heterocycles. The Kier molecular flexibility index (Phi) is 5.11. The summed E-state index contributed by atoms with van der Waals surface area (Å²) in [6.07, 6.45) is 0. The van der Waals surface area contributed by atoms with Crippen LogP contribution in [-0.4, -0.2) is 32.9 Å². The molecule has 2 rings (SSSR count). The molecule has 3 N–H and O–H groups in total. The quantitative estimate of drug-likeness (QED) is 0.804. The molecule has 0 amide bonds. The number of nitrogens with one attached hydrogen (secondary N) is 1. The molecule has 2 aromatic rings. The first-order valence-corrected chi connectivity index (χ1v) is 9.13. The summed E-state index contributed by atoms with van der Waals surface area (Å²) in [5, 5.41) is 2.18. The number of hydrogen-bond acceptors (Lipinski definition) is 7. The Morgan fingerprint density at radius 3 is 2.90 bits per heavy atom. The van der Waals surface area contributed by atoms with Gasteiger partial charge in [-0.15, -0.1) is 22.7 Å². The third-order valence-corrected chi connectivity index (χ3v) is 5.64. The molecule has 0 spiro atoms. The number of nitrogens with zero attached hydrogens (tertiary/aromatic N) is 1. The smallest absolute Gasteiger partial charge is 0.236 e. The zero-order valence-corrected chi connectivity index (χ0v) is 13.3. The molecular weight excluding hydrogens is 318 g/mol. The number of thiazole rings is 1. The monoisotopic (exact) mass is 333 g/mol. The van der Waals surface area contributed by atoms with Crippen LogP contribution in [0.15, 0.2) is 17.5 Å². The number of methoxy groups -OCH3 is 1. The molecule has 0 fully saturated rings. The van der Waals surface area contributed by atoms with Crippen LogP contribution >= 0.6 is 22.7 Å². The molecule has 9 heteroatoms. The summed E-state index contributed by atoms with van der Waals surface area (Å²) in [4.78, 5) is 6.32. The second-order valence-corrected chi connectivity index (χ2v) is 7.79. The maximum absolute atomic E-state index is 11.7. The van der Waals surface area contributed by atoms with Crippen LogP contribution in [0.3, 0.4) is 0 Å². The molecule has 0 saturated carbocycles. The van der Waals surface area contributed by atoms with Crippen molar-refractivity contribution in [1.82, 2.24) is 4.98 Å². The molecule has 2 heterocycles. The van der Waals surface area contributed by atoms with Crippen LogP contribution in [0.1, 0.15) is 4.88 Å². The largest absolute Gasteiger partial charge is 0.384 e. The van der Waals surface area contributed by atoms with Crippen molar-refractivity contribution in [3.63, 3.8) is 0 Å². The lowest BCUT2D eigenvalue weighted by Gasteiger charge is -2.03. The maximum atomic E-state index is 11.7. The molecule has 0 unspecified atom stereocenters. The molecule has 6 nitrogen and oxygen atoms in total. The van der Waals surface area contributed by atoms with Crippen molar-refractivity contribution in [2.45, 2.75) is 6.54 Å². The molecule has 0 saturated heterocycles. The van der Waals surface area contributed by atoms with Gasteiger partial charge in [0.25, 0.3) is 0 Å². The van der Waals surface area contributed by atoms with Gasteiger partial charge in [0, 0.05) is 23.9 Å². The van der Waals surface area contributed by atoms with E-state index in [4.69, 9.17) is 10.5 Å². The fraction of sp³-hybridized carbons (Fsp3) is 0.364. The second kappa shape index (κ2) is 6.64. The molecular formula is C11H15N3O3S3. The van der Waals surface area contributed by atoms with Crippen molar-refractivity contribution < 1.29 is 13.2 Å². The number of hydrogen-bond donors (Lipinski definition) is 2. The molecule has 2 aromatic heterocycles. The Hall–Kier alpha value is -1.00. The van der Waals surface area contributed by atoms with Crippen LogP contribution in [0.2, 0.25) is 0 Å². The maximum Gasteiger partial charge on any atom is 0.236 e. The van der Waals surface area contributed by atoms with Gasteiger partial charge in [-0.2, -0.15) is 0 Å². The number of rotatable bonds is 7. The van der Waals surface area contributed by atoms with Gasteiger partial charge in [0.05, 0.1) is 22.9 Å². The lowest BCUT2D eigenvalue weighted by atomic mass is 10.4. The van der Waals surface area contributed by atoms with Gasteiger partial charge in [-0.3, -0.25) is 4.72 Å². The average molecular weight is 333 g/mol. The van der Waals surface area contributed by atoms with Crippen LogP contribution < -0.4 is 10.5 Å². The van der Waals surface area contributed by atoms with Crippen molar-refractivity contribution >= 4 is 37.8 Å². The van der Waals surface area contributed by atoms with Gasteiger partial charge >= 0.3 is 0 Å². The van der Waals surface area contributed by atoms with Gasteiger partial charge in [-0.25, -0.2) is 13.4 Å². The van der Waals surface area contributed by atoms with Gasteiger partial charge in [0.2, 0.25) is 10.0 Å². The van der Waals surface area contributed by atoms with Gasteiger partial charge < -0.3 is 10.5 Å². The normalized spacial score (nSPS) is 11.7. The Balaban J connectivity index is 2.09. The lowest BCUT2D eigenvalue weighted by Crippen LogP contribution is -2.19. The van der Waals surface area contributed by atoms with Crippen LogP contribution in [0.25, 0.3) is 10.6 Å². The highest BCUT2D eigenvalue weighted by Crippen LogP contribution is 2.30. The zero-order valence-electron chi connectivity index (χ0n) is 10.8. The molecule has 0 radical (unpaired) electrons. The summed E-state index contributed by atoms with van der Waals surface area (Å²) >= 11 is 2.81. The standard InChI is InChI=1S/C11H15N3O3S3/c1-17-4-5-20(15,16)14-11-13-9(7-18-11)10-3-2-8(6-12)19-10/h2-3,7H,4-6,12H2,1H3,(H,13,14). The molecule has 0 aromatic carbocycles. The Labute approximate surface area is 125 Å².